The second-order valence-electron chi connectivity index (χ2n) is 5.94. The minimum Gasteiger partial charge on any atom is -0.446 e. The maximum Gasteiger partial charge on any atom is 0.404 e. The molecule has 3 rings (SSSR count). The van der Waals surface area contributed by atoms with E-state index < -0.39 is 6.09 Å². The minimum atomic E-state index is -0.646. The number of ether oxygens (including phenoxy) is 1. The monoisotopic (exact) mass is 274 g/mol. The highest BCUT2D eigenvalue weighted by atomic mass is 16.6. The van der Waals surface area contributed by atoms with Crippen LogP contribution in [0.4, 0.5) is 4.79 Å². The molecule has 0 saturated heterocycles. The molecule has 0 aliphatic heterocycles. The van der Waals surface area contributed by atoms with Gasteiger partial charge in [0.15, 0.2) is 0 Å². The fourth-order valence-electron chi connectivity index (χ4n) is 3.26. The third kappa shape index (κ3) is 3.31. The zero-order valence-electron chi connectivity index (χ0n) is 11.6. The number of nitrogens with one attached hydrogen (secondary N) is 1. The maximum absolute atomic E-state index is 10.7. The number of primary amides is 1. The molecule has 2 aliphatic rings. The molecule has 108 valence electrons. The lowest BCUT2D eigenvalue weighted by molar-refractivity contribution is 0.0756. The van der Waals surface area contributed by atoms with E-state index >= 15 is 0 Å². The van der Waals surface area contributed by atoms with Crippen molar-refractivity contribution in [1.29, 1.82) is 0 Å². The molecular formula is C16H22N2O2. The largest absolute Gasteiger partial charge is 0.446 e. The third-order valence-corrected chi connectivity index (χ3v) is 4.42. The van der Waals surface area contributed by atoms with Gasteiger partial charge in [0.1, 0.15) is 6.10 Å². The minimum absolute atomic E-state index is 0.0228. The van der Waals surface area contributed by atoms with Crippen molar-refractivity contribution in [1.82, 2.24) is 5.32 Å². The normalized spacial score (nSPS) is 32.6. The molecular weight excluding hydrogens is 252 g/mol. The summed E-state index contributed by atoms with van der Waals surface area (Å²) >= 11 is 0. The molecule has 0 spiro atoms. The number of amides is 1. The quantitative estimate of drug-likeness (QED) is 0.886. The van der Waals surface area contributed by atoms with Crippen LogP contribution in [0.5, 0.6) is 0 Å². The molecule has 0 aromatic heterocycles. The van der Waals surface area contributed by atoms with E-state index in [1.165, 1.54) is 12.0 Å². The van der Waals surface area contributed by atoms with Crippen molar-refractivity contribution in [3.8, 4) is 0 Å². The molecule has 2 aliphatic carbocycles. The van der Waals surface area contributed by atoms with Gasteiger partial charge in [-0.1, -0.05) is 30.3 Å². The van der Waals surface area contributed by atoms with Gasteiger partial charge in [-0.05, 0) is 37.7 Å². The Balaban J connectivity index is 1.42. The summed E-state index contributed by atoms with van der Waals surface area (Å²) in [5, 5.41) is 3.74. The fourth-order valence-corrected chi connectivity index (χ4v) is 3.26. The third-order valence-electron chi connectivity index (χ3n) is 4.42. The number of hydrogen-bond acceptors (Lipinski definition) is 3. The summed E-state index contributed by atoms with van der Waals surface area (Å²) in [5.41, 5.74) is 6.50. The molecule has 2 fully saturated rings. The van der Waals surface area contributed by atoms with E-state index in [1.807, 2.05) is 0 Å². The van der Waals surface area contributed by atoms with Crippen molar-refractivity contribution in [2.24, 2.45) is 5.73 Å². The highest BCUT2D eigenvalue weighted by molar-refractivity contribution is 5.64. The first kappa shape index (κ1) is 13.4. The van der Waals surface area contributed by atoms with E-state index in [1.54, 1.807) is 0 Å². The zero-order chi connectivity index (χ0) is 13.9. The van der Waals surface area contributed by atoms with Gasteiger partial charge in [0.25, 0.3) is 0 Å². The van der Waals surface area contributed by atoms with Gasteiger partial charge >= 0.3 is 6.09 Å². The molecule has 1 amide bonds. The van der Waals surface area contributed by atoms with E-state index in [-0.39, 0.29) is 6.10 Å². The van der Waals surface area contributed by atoms with E-state index in [0.29, 0.717) is 18.0 Å². The summed E-state index contributed by atoms with van der Waals surface area (Å²) in [6.07, 6.45) is 4.59. The number of carbonyl (C=O) groups excluding carboxylic acids is 1. The van der Waals surface area contributed by atoms with Crippen LogP contribution in [-0.2, 0) is 4.74 Å². The van der Waals surface area contributed by atoms with Crippen LogP contribution in [0.15, 0.2) is 30.3 Å². The summed E-state index contributed by atoms with van der Waals surface area (Å²) in [4.78, 5) is 10.7. The molecule has 20 heavy (non-hydrogen) atoms. The molecule has 0 radical (unpaired) electrons. The Morgan fingerprint density at radius 1 is 1.15 bits per heavy atom. The highest BCUT2D eigenvalue weighted by Gasteiger charge is 2.39. The van der Waals surface area contributed by atoms with Gasteiger partial charge in [0.2, 0.25) is 0 Å². The smallest absolute Gasteiger partial charge is 0.404 e. The number of benzene rings is 1. The maximum atomic E-state index is 10.7. The molecule has 0 heterocycles. The molecule has 2 atom stereocenters. The predicted octanol–water partition coefficient (Wildman–Crippen LogP) is 2.54. The summed E-state index contributed by atoms with van der Waals surface area (Å²) in [6, 6.07) is 11.9. The Morgan fingerprint density at radius 2 is 1.85 bits per heavy atom. The molecule has 0 bridgehead atoms. The Morgan fingerprint density at radius 3 is 2.50 bits per heavy atom. The van der Waals surface area contributed by atoms with E-state index in [0.717, 1.165) is 25.7 Å². The van der Waals surface area contributed by atoms with Crippen LogP contribution in [0.2, 0.25) is 0 Å². The first-order chi connectivity index (χ1) is 9.72. The van der Waals surface area contributed by atoms with Crippen molar-refractivity contribution in [2.75, 3.05) is 0 Å². The second kappa shape index (κ2) is 5.83. The molecule has 3 N–H and O–H groups in total. The SMILES string of the molecule is NC(=O)OC1CCC(NC2CC2c2ccccc2)CC1. The average molecular weight is 274 g/mol. The van der Waals surface area contributed by atoms with E-state index in [2.05, 4.69) is 35.6 Å². The van der Waals surface area contributed by atoms with Crippen molar-refractivity contribution in [2.45, 2.75) is 56.2 Å². The Bertz CT molecular complexity index is 455. The van der Waals surface area contributed by atoms with Gasteiger partial charge in [0.05, 0.1) is 0 Å². The fraction of sp³-hybridized carbons (Fsp3) is 0.562. The predicted molar refractivity (Wildman–Crippen MR) is 77.4 cm³/mol. The molecule has 4 heteroatoms. The van der Waals surface area contributed by atoms with Gasteiger partial charge in [-0.15, -0.1) is 0 Å². The van der Waals surface area contributed by atoms with Crippen LogP contribution >= 0.6 is 0 Å². The zero-order valence-corrected chi connectivity index (χ0v) is 11.6. The molecule has 2 saturated carbocycles. The summed E-state index contributed by atoms with van der Waals surface area (Å²) < 4.78 is 5.06. The lowest BCUT2D eigenvalue weighted by Crippen LogP contribution is -2.38. The van der Waals surface area contributed by atoms with Crippen molar-refractivity contribution in [3.63, 3.8) is 0 Å². The van der Waals surface area contributed by atoms with Crippen LogP contribution < -0.4 is 11.1 Å². The Hall–Kier alpha value is -1.55. The lowest BCUT2D eigenvalue weighted by atomic mass is 9.93. The van der Waals surface area contributed by atoms with Gasteiger partial charge in [-0.2, -0.15) is 0 Å². The van der Waals surface area contributed by atoms with Gasteiger partial charge in [0, 0.05) is 18.0 Å². The van der Waals surface area contributed by atoms with Gasteiger partial charge in [-0.25, -0.2) is 4.79 Å². The van der Waals surface area contributed by atoms with Gasteiger partial charge < -0.3 is 15.8 Å². The first-order valence-corrected chi connectivity index (χ1v) is 7.49. The standard InChI is InChI=1S/C16H22N2O2/c17-16(19)20-13-8-6-12(7-9-13)18-15-10-14(15)11-4-2-1-3-5-11/h1-5,12-15,18H,6-10H2,(H2,17,19). The first-order valence-electron chi connectivity index (χ1n) is 7.49. The average Bonchev–Trinajstić information content (AvgIpc) is 3.21. The second-order valence-corrected chi connectivity index (χ2v) is 5.94. The van der Waals surface area contributed by atoms with Crippen LogP contribution in [0.25, 0.3) is 0 Å². The van der Waals surface area contributed by atoms with Crippen molar-refractivity contribution < 1.29 is 9.53 Å². The molecule has 1 aromatic rings. The summed E-state index contributed by atoms with van der Waals surface area (Å²) in [5.74, 6) is 0.677. The Labute approximate surface area is 119 Å². The highest BCUT2D eigenvalue weighted by Crippen LogP contribution is 2.41. The van der Waals surface area contributed by atoms with Crippen LogP contribution in [0, 0.1) is 0 Å². The Kier molecular flexibility index (Phi) is 3.92. The summed E-state index contributed by atoms with van der Waals surface area (Å²) in [6.45, 7) is 0. The molecule has 1 aromatic carbocycles. The van der Waals surface area contributed by atoms with Crippen LogP contribution in [-0.4, -0.2) is 24.3 Å². The topological polar surface area (TPSA) is 64.4 Å². The van der Waals surface area contributed by atoms with Gasteiger partial charge in [-0.3, -0.25) is 0 Å². The summed E-state index contributed by atoms with van der Waals surface area (Å²) in [7, 11) is 0. The van der Waals surface area contributed by atoms with Crippen LogP contribution in [0.1, 0.15) is 43.6 Å². The van der Waals surface area contributed by atoms with Crippen molar-refractivity contribution >= 4 is 6.09 Å². The van der Waals surface area contributed by atoms with E-state index in [9.17, 15) is 4.79 Å². The number of rotatable bonds is 4. The molecule has 4 nitrogen and oxygen atoms in total. The lowest BCUT2D eigenvalue weighted by Gasteiger charge is -2.28. The number of carbonyl (C=O) groups is 1. The molecule has 2 unspecified atom stereocenters. The van der Waals surface area contributed by atoms with Crippen molar-refractivity contribution in [3.05, 3.63) is 35.9 Å². The number of hydrogen-bond donors (Lipinski definition) is 2. The van der Waals surface area contributed by atoms with Crippen LogP contribution in [0.3, 0.4) is 0 Å². The number of nitrogens with two attached hydrogens (primary N) is 1. The van der Waals surface area contributed by atoms with E-state index in [4.69, 9.17) is 10.5 Å².